The Labute approximate surface area is 223 Å². The van der Waals surface area contributed by atoms with Crippen molar-refractivity contribution in [3.8, 4) is 12.1 Å². The number of nitrogens with zero attached hydrogens (tertiary/aromatic N) is 3. The Bertz CT molecular complexity index is 2030. The molecule has 0 aliphatic heterocycles. The summed E-state index contributed by atoms with van der Waals surface area (Å²) in [4.78, 5) is 2.28. The lowest BCUT2D eigenvalue weighted by molar-refractivity contribution is 1.30. The highest BCUT2D eigenvalue weighted by molar-refractivity contribution is 7.25. The molecule has 6 aromatic carbocycles. The van der Waals surface area contributed by atoms with E-state index in [4.69, 9.17) is 0 Å². The Hall–Kier alpha value is -5.16. The molecule has 0 fully saturated rings. The van der Waals surface area contributed by atoms with E-state index in [1.807, 2.05) is 47.7 Å². The molecule has 38 heavy (non-hydrogen) atoms. The topological polar surface area (TPSA) is 50.8 Å². The monoisotopic (exact) mass is 501 g/mol. The van der Waals surface area contributed by atoms with Crippen molar-refractivity contribution < 1.29 is 0 Å². The zero-order valence-electron chi connectivity index (χ0n) is 20.2. The van der Waals surface area contributed by atoms with Crippen LogP contribution in [0.5, 0.6) is 0 Å². The van der Waals surface area contributed by atoms with Gasteiger partial charge >= 0.3 is 0 Å². The molecule has 7 rings (SSSR count). The van der Waals surface area contributed by atoms with Crippen molar-refractivity contribution in [1.29, 1.82) is 10.5 Å². The summed E-state index contributed by atoms with van der Waals surface area (Å²) in [6.07, 6.45) is 0. The molecular weight excluding hydrogens is 482 g/mol. The number of rotatable bonds is 3. The van der Waals surface area contributed by atoms with E-state index in [-0.39, 0.29) is 0 Å². The Morgan fingerprint density at radius 3 is 1.61 bits per heavy atom. The van der Waals surface area contributed by atoms with Gasteiger partial charge in [0, 0.05) is 37.2 Å². The van der Waals surface area contributed by atoms with Gasteiger partial charge in [0.1, 0.15) is 0 Å². The van der Waals surface area contributed by atoms with Gasteiger partial charge in [-0.05, 0) is 94.3 Å². The van der Waals surface area contributed by atoms with E-state index in [2.05, 4.69) is 95.9 Å². The number of nitriles is 2. The van der Waals surface area contributed by atoms with Crippen LogP contribution in [0.15, 0.2) is 115 Å². The molecule has 0 amide bonds. The third-order valence-electron chi connectivity index (χ3n) is 7.04. The molecule has 176 valence electrons. The fourth-order valence-corrected chi connectivity index (χ4v) is 6.27. The van der Waals surface area contributed by atoms with Gasteiger partial charge in [-0.25, -0.2) is 0 Å². The lowest BCUT2D eigenvalue weighted by Gasteiger charge is -2.26. The van der Waals surface area contributed by atoms with E-state index in [0.717, 1.165) is 38.6 Å². The van der Waals surface area contributed by atoms with E-state index in [0.29, 0.717) is 11.1 Å². The Balaban J connectivity index is 1.46. The molecule has 0 aliphatic rings. The Kier molecular flexibility index (Phi) is 5.08. The van der Waals surface area contributed by atoms with Gasteiger partial charge in [0.2, 0.25) is 0 Å². The molecule has 0 aliphatic carbocycles. The van der Waals surface area contributed by atoms with Crippen molar-refractivity contribution in [2.75, 3.05) is 4.90 Å². The Morgan fingerprint density at radius 2 is 0.974 bits per heavy atom. The van der Waals surface area contributed by atoms with E-state index in [1.54, 1.807) is 0 Å². The molecule has 0 spiro atoms. The second kappa shape index (κ2) is 8.75. The summed E-state index contributed by atoms with van der Waals surface area (Å²) in [7, 11) is 0. The first-order valence-corrected chi connectivity index (χ1v) is 13.1. The molecule has 1 heterocycles. The summed E-state index contributed by atoms with van der Waals surface area (Å²) in [6, 6.07) is 44.0. The fourth-order valence-electron chi connectivity index (χ4n) is 5.18. The molecule has 0 bridgehead atoms. The van der Waals surface area contributed by atoms with E-state index in [9.17, 15) is 10.5 Å². The van der Waals surface area contributed by atoms with Gasteiger partial charge in [-0.3, -0.25) is 0 Å². The van der Waals surface area contributed by atoms with Gasteiger partial charge in [-0.2, -0.15) is 10.5 Å². The number of fused-ring (bicyclic) bond motifs is 5. The molecule has 3 nitrogen and oxygen atoms in total. The average molecular weight is 502 g/mol. The Morgan fingerprint density at radius 1 is 0.474 bits per heavy atom. The molecule has 0 unspecified atom stereocenters. The zero-order chi connectivity index (χ0) is 25.6. The van der Waals surface area contributed by atoms with Crippen LogP contribution in [0.4, 0.5) is 17.1 Å². The number of hydrogen-bond donors (Lipinski definition) is 0. The first-order valence-electron chi connectivity index (χ1n) is 12.3. The average Bonchev–Trinajstić information content (AvgIpc) is 3.35. The first kappa shape index (κ1) is 22.1. The van der Waals surface area contributed by atoms with Gasteiger partial charge in [-0.1, -0.05) is 42.5 Å². The summed E-state index contributed by atoms with van der Waals surface area (Å²) >= 11 is 1.81. The summed E-state index contributed by atoms with van der Waals surface area (Å²) in [6.45, 7) is 0. The van der Waals surface area contributed by atoms with Crippen molar-refractivity contribution in [3.05, 3.63) is 126 Å². The maximum atomic E-state index is 9.33. The van der Waals surface area contributed by atoms with Gasteiger partial charge in [0.25, 0.3) is 0 Å². The van der Waals surface area contributed by atoms with Crippen LogP contribution < -0.4 is 4.90 Å². The van der Waals surface area contributed by atoms with Gasteiger partial charge in [-0.15, -0.1) is 11.3 Å². The summed E-state index contributed by atoms with van der Waals surface area (Å²) in [5, 5.41) is 25.4. The number of anilines is 3. The molecule has 0 saturated carbocycles. The summed E-state index contributed by atoms with van der Waals surface area (Å²) in [5.74, 6) is 0. The molecule has 7 aromatic rings. The van der Waals surface area contributed by atoms with Crippen LogP contribution in [0.2, 0.25) is 0 Å². The van der Waals surface area contributed by atoms with Crippen molar-refractivity contribution in [2.45, 2.75) is 0 Å². The molecule has 0 N–H and O–H groups in total. The zero-order valence-corrected chi connectivity index (χ0v) is 21.0. The standard InChI is InChI=1S/C34H19N3S/c35-20-22-5-7-26-17-28(11-9-24(26)15-22)37(29-12-10-25-16-23(21-36)6-8-27(25)18-29)30-13-14-34-32(19-30)31-3-1-2-4-33(31)38-34/h1-19H. The van der Waals surface area contributed by atoms with E-state index >= 15 is 0 Å². The van der Waals surface area contributed by atoms with Crippen molar-refractivity contribution >= 4 is 70.1 Å². The van der Waals surface area contributed by atoms with Crippen molar-refractivity contribution in [1.82, 2.24) is 0 Å². The highest BCUT2D eigenvalue weighted by Crippen LogP contribution is 2.41. The van der Waals surface area contributed by atoms with Crippen LogP contribution in [0.3, 0.4) is 0 Å². The highest BCUT2D eigenvalue weighted by atomic mass is 32.1. The normalized spacial score (nSPS) is 11.1. The van der Waals surface area contributed by atoms with Crippen LogP contribution >= 0.6 is 11.3 Å². The third kappa shape index (κ3) is 3.64. The maximum Gasteiger partial charge on any atom is 0.0991 e. The SMILES string of the molecule is N#Cc1ccc2cc(N(c3ccc4cc(C#N)ccc4c3)c3ccc4sc5ccccc5c4c3)ccc2c1. The predicted octanol–water partition coefficient (Wildman–Crippen LogP) is 9.57. The smallest absolute Gasteiger partial charge is 0.0991 e. The summed E-state index contributed by atoms with van der Waals surface area (Å²) in [5.41, 5.74) is 4.46. The minimum atomic E-state index is 0.656. The number of benzene rings is 6. The molecule has 0 saturated heterocycles. The van der Waals surface area contributed by atoms with Gasteiger partial charge in [0.15, 0.2) is 0 Å². The van der Waals surface area contributed by atoms with Crippen LogP contribution in [0, 0.1) is 22.7 Å². The minimum absolute atomic E-state index is 0.656. The van der Waals surface area contributed by atoms with Crippen LogP contribution in [-0.2, 0) is 0 Å². The predicted molar refractivity (Wildman–Crippen MR) is 158 cm³/mol. The lowest BCUT2D eigenvalue weighted by atomic mass is 10.0. The van der Waals surface area contributed by atoms with Gasteiger partial charge in [0.05, 0.1) is 23.3 Å². The first-order chi connectivity index (χ1) is 18.7. The maximum absolute atomic E-state index is 9.33. The van der Waals surface area contributed by atoms with Crippen LogP contribution in [0.1, 0.15) is 11.1 Å². The molecule has 0 atom stereocenters. The van der Waals surface area contributed by atoms with Crippen LogP contribution in [-0.4, -0.2) is 0 Å². The van der Waals surface area contributed by atoms with Crippen LogP contribution in [0.25, 0.3) is 41.7 Å². The molecule has 0 radical (unpaired) electrons. The van der Waals surface area contributed by atoms with E-state index < -0.39 is 0 Å². The highest BCUT2D eigenvalue weighted by Gasteiger charge is 2.16. The molecular formula is C34H19N3S. The number of thiophene rings is 1. The minimum Gasteiger partial charge on any atom is -0.310 e. The molecule has 4 heteroatoms. The van der Waals surface area contributed by atoms with Crippen molar-refractivity contribution in [3.63, 3.8) is 0 Å². The quantitative estimate of drug-likeness (QED) is 0.242. The second-order valence-corrected chi connectivity index (χ2v) is 10.4. The summed E-state index contributed by atoms with van der Waals surface area (Å²) < 4.78 is 2.55. The molecule has 1 aromatic heterocycles. The number of hydrogen-bond acceptors (Lipinski definition) is 4. The second-order valence-electron chi connectivity index (χ2n) is 9.33. The lowest BCUT2D eigenvalue weighted by Crippen LogP contribution is -2.09. The largest absolute Gasteiger partial charge is 0.310 e. The fraction of sp³-hybridized carbons (Fsp3) is 0. The van der Waals surface area contributed by atoms with E-state index in [1.165, 1.54) is 20.2 Å². The third-order valence-corrected chi connectivity index (χ3v) is 8.19. The van der Waals surface area contributed by atoms with Crippen molar-refractivity contribution in [2.24, 2.45) is 0 Å². The van der Waals surface area contributed by atoms with Gasteiger partial charge < -0.3 is 4.90 Å².